The molecule has 2 aromatic rings. The van der Waals surface area contributed by atoms with Crippen LogP contribution in [0.1, 0.15) is 28.1 Å². The molecule has 0 spiro atoms. The highest BCUT2D eigenvalue weighted by Crippen LogP contribution is 2.18. The predicted octanol–water partition coefficient (Wildman–Crippen LogP) is 1.33. The summed E-state index contributed by atoms with van der Waals surface area (Å²) >= 11 is 0. The number of benzene rings is 1. The summed E-state index contributed by atoms with van der Waals surface area (Å²) in [6.45, 7) is 3.79. The van der Waals surface area contributed by atoms with Crippen LogP contribution in [-0.2, 0) is 9.84 Å². The van der Waals surface area contributed by atoms with E-state index in [2.05, 4.69) is 5.32 Å². The topological polar surface area (TPSA) is 93.4 Å². The normalized spacial score (nSPS) is 19.8. The number of hydrogen-bond acceptors (Lipinski definition) is 5. The smallest absolute Gasteiger partial charge is 0.287 e. The molecule has 1 atom stereocenters. The third-order valence-corrected chi connectivity index (χ3v) is 5.90. The lowest BCUT2D eigenvalue weighted by Gasteiger charge is -2.10. The summed E-state index contributed by atoms with van der Waals surface area (Å²) in [6, 6.07) is 4.17. The standard InChI is InChI=1S/C16H17NO5S/c1-9-5-12-13(18)7-15(22-14(12)6-10(9)2)16(19)17-11-3-4-23(20,21)8-11/h5-7,11H,3-4,8H2,1-2H3,(H,17,19)/t11-/m1/s1. The van der Waals surface area contributed by atoms with E-state index in [1.165, 1.54) is 0 Å². The van der Waals surface area contributed by atoms with Gasteiger partial charge in [0.15, 0.2) is 21.0 Å². The summed E-state index contributed by atoms with van der Waals surface area (Å²) in [5.74, 6) is -0.674. The van der Waals surface area contributed by atoms with Crippen LogP contribution in [-0.4, -0.2) is 31.9 Å². The van der Waals surface area contributed by atoms with Gasteiger partial charge < -0.3 is 9.73 Å². The monoisotopic (exact) mass is 335 g/mol. The second-order valence-electron chi connectivity index (χ2n) is 5.98. The van der Waals surface area contributed by atoms with Crippen LogP contribution in [0.3, 0.4) is 0 Å². The zero-order chi connectivity index (χ0) is 16.8. The maximum atomic E-state index is 12.2. The Hall–Kier alpha value is -2.15. The molecule has 6 nitrogen and oxygen atoms in total. The third kappa shape index (κ3) is 3.14. The van der Waals surface area contributed by atoms with Gasteiger partial charge in [-0.15, -0.1) is 0 Å². The summed E-state index contributed by atoms with van der Waals surface area (Å²) in [5, 5.41) is 3.04. The Balaban J connectivity index is 1.92. The number of sulfone groups is 1. The first-order chi connectivity index (χ1) is 10.7. The molecule has 1 aromatic carbocycles. The van der Waals surface area contributed by atoms with Crippen molar-refractivity contribution in [2.75, 3.05) is 11.5 Å². The van der Waals surface area contributed by atoms with Gasteiger partial charge in [-0.1, -0.05) is 0 Å². The maximum absolute atomic E-state index is 12.2. The molecule has 0 unspecified atom stereocenters. The lowest BCUT2D eigenvalue weighted by Crippen LogP contribution is -2.35. The van der Waals surface area contributed by atoms with E-state index in [9.17, 15) is 18.0 Å². The number of nitrogens with one attached hydrogen (secondary N) is 1. The molecule has 0 saturated carbocycles. The third-order valence-electron chi connectivity index (χ3n) is 4.13. The Kier molecular flexibility index (Phi) is 3.75. The van der Waals surface area contributed by atoms with Gasteiger partial charge in [0.1, 0.15) is 5.58 Å². The van der Waals surface area contributed by atoms with Crippen molar-refractivity contribution in [1.82, 2.24) is 5.32 Å². The van der Waals surface area contributed by atoms with Crippen molar-refractivity contribution < 1.29 is 17.6 Å². The summed E-state index contributed by atoms with van der Waals surface area (Å²) in [6.07, 6.45) is 0.379. The molecule has 23 heavy (non-hydrogen) atoms. The first kappa shape index (κ1) is 15.7. The Bertz CT molecular complexity index is 958. The van der Waals surface area contributed by atoms with Crippen molar-refractivity contribution in [1.29, 1.82) is 0 Å². The average molecular weight is 335 g/mol. The molecule has 1 aromatic heterocycles. The van der Waals surface area contributed by atoms with Crippen molar-refractivity contribution in [3.63, 3.8) is 0 Å². The molecule has 7 heteroatoms. The number of hydrogen-bond donors (Lipinski definition) is 1. The minimum atomic E-state index is -3.08. The van der Waals surface area contributed by atoms with Gasteiger partial charge in [0, 0.05) is 12.1 Å². The number of aryl methyl sites for hydroxylation is 2. The van der Waals surface area contributed by atoms with Gasteiger partial charge in [0.2, 0.25) is 0 Å². The molecule has 1 saturated heterocycles. The van der Waals surface area contributed by atoms with E-state index in [4.69, 9.17) is 4.42 Å². The highest BCUT2D eigenvalue weighted by Gasteiger charge is 2.29. The van der Waals surface area contributed by atoms with Gasteiger partial charge in [-0.2, -0.15) is 0 Å². The van der Waals surface area contributed by atoms with Gasteiger partial charge in [0.25, 0.3) is 5.91 Å². The fourth-order valence-electron chi connectivity index (χ4n) is 2.69. The van der Waals surface area contributed by atoms with Crippen LogP contribution in [0.4, 0.5) is 0 Å². The largest absolute Gasteiger partial charge is 0.451 e. The highest BCUT2D eigenvalue weighted by molar-refractivity contribution is 7.91. The highest BCUT2D eigenvalue weighted by atomic mass is 32.2. The SMILES string of the molecule is Cc1cc2oc(C(=O)N[C@@H]3CCS(=O)(=O)C3)cc(=O)c2cc1C. The van der Waals surface area contributed by atoms with E-state index in [-0.39, 0.29) is 22.7 Å². The van der Waals surface area contributed by atoms with Gasteiger partial charge in [-0.25, -0.2) is 8.42 Å². The molecule has 122 valence electrons. The van der Waals surface area contributed by atoms with Crippen LogP contribution in [0.15, 0.2) is 27.4 Å². The van der Waals surface area contributed by atoms with Crippen molar-refractivity contribution in [3.8, 4) is 0 Å². The molecule has 3 rings (SSSR count). The Morgan fingerprint density at radius 1 is 1.22 bits per heavy atom. The number of amides is 1. The van der Waals surface area contributed by atoms with E-state index < -0.39 is 21.8 Å². The fourth-order valence-corrected chi connectivity index (χ4v) is 4.36. The van der Waals surface area contributed by atoms with E-state index >= 15 is 0 Å². The van der Waals surface area contributed by atoms with Gasteiger partial charge >= 0.3 is 0 Å². The summed E-state index contributed by atoms with van der Waals surface area (Å²) in [7, 11) is -3.08. The zero-order valence-corrected chi connectivity index (χ0v) is 13.7. The van der Waals surface area contributed by atoms with Crippen LogP contribution in [0.5, 0.6) is 0 Å². The molecule has 0 radical (unpaired) electrons. The molecule has 2 heterocycles. The summed E-state index contributed by atoms with van der Waals surface area (Å²) in [5.41, 5.74) is 1.99. The minimum absolute atomic E-state index is 0.0675. The van der Waals surface area contributed by atoms with E-state index in [0.29, 0.717) is 17.4 Å². The first-order valence-corrected chi connectivity index (χ1v) is 9.14. The second kappa shape index (κ2) is 5.49. The molecule has 0 bridgehead atoms. The van der Waals surface area contributed by atoms with Crippen LogP contribution >= 0.6 is 0 Å². The van der Waals surface area contributed by atoms with Crippen molar-refractivity contribution in [2.45, 2.75) is 26.3 Å². The van der Waals surface area contributed by atoms with E-state index in [1.54, 1.807) is 12.1 Å². The Morgan fingerprint density at radius 2 is 1.91 bits per heavy atom. The van der Waals surface area contributed by atoms with Crippen LogP contribution < -0.4 is 10.7 Å². The fraction of sp³-hybridized carbons (Fsp3) is 0.375. The van der Waals surface area contributed by atoms with Crippen LogP contribution in [0.25, 0.3) is 11.0 Å². The lowest BCUT2D eigenvalue weighted by atomic mass is 10.1. The van der Waals surface area contributed by atoms with Crippen molar-refractivity contribution in [2.24, 2.45) is 0 Å². The molecule has 1 fully saturated rings. The molecule has 1 aliphatic rings. The van der Waals surface area contributed by atoms with E-state index in [1.807, 2.05) is 13.8 Å². The van der Waals surface area contributed by atoms with E-state index in [0.717, 1.165) is 17.2 Å². The quantitative estimate of drug-likeness (QED) is 0.893. The van der Waals surface area contributed by atoms with Gasteiger partial charge in [-0.3, -0.25) is 9.59 Å². The predicted molar refractivity (Wildman–Crippen MR) is 86.5 cm³/mol. The molecule has 1 amide bonds. The number of fused-ring (bicyclic) bond motifs is 1. The molecular formula is C16H17NO5S. The van der Waals surface area contributed by atoms with Gasteiger partial charge in [-0.05, 0) is 43.5 Å². The molecule has 1 aliphatic heterocycles. The number of carbonyl (C=O) groups is 1. The second-order valence-corrected chi connectivity index (χ2v) is 8.21. The summed E-state index contributed by atoms with van der Waals surface area (Å²) in [4.78, 5) is 24.4. The molecular weight excluding hydrogens is 318 g/mol. The zero-order valence-electron chi connectivity index (χ0n) is 12.9. The van der Waals surface area contributed by atoms with Crippen LogP contribution in [0, 0.1) is 13.8 Å². The maximum Gasteiger partial charge on any atom is 0.287 e. The average Bonchev–Trinajstić information content (AvgIpc) is 2.80. The number of carbonyl (C=O) groups excluding carboxylic acids is 1. The Labute approximate surface area is 133 Å². The summed E-state index contributed by atoms with van der Waals surface area (Å²) < 4.78 is 28.4. The van der Waals surface area contributed by atoms with Crippen molar-refractivity contribution in [3.05, 3.63) is 45.3 Å². The first-order valence-electron chi connectivity index (χ1n) is 7.31. The van der Waals surface area contributed by atoms with Gasteiger partial charge in [0.05, 0.1) is 16.9 Å². The molecule has 0 aliphatic carbocycles. The Morgan fingerprint density at radius 3 is 2.57 bits per heavy atom. The number of rotatable bonds is 2. The molecule has 1 N–H and O–H groups in total. The van der Waals surface area contributed by atoms with Crippen molar-refractivity contribution >= 4 is 26.7 Å². The minimum Gasteiger partial charge on any atom is -0.451 e. The van der Waals surface area contributed by atoms with Crippen LogP contribution in [0.2, 0.25) is 0 Å². The lowest BCUT2D eigenvalue weighted by molar-refractivity contribution is 0.0913.